The number of halogens is 2. The third-order valence-corrected chi connectivity index (χ3v) is 2.43. The number of rotatable bonds is 3. The van der Waals surface area contributed by atoms with E-state index >= 15 is 0 Å². The van der Waals surface area contributed by atoms with Gasteiger partial charge in [0, 0.05) is 0 Å². The molecule has 0 fully saturated rings. The predicted octanol–water partition coefficient (Wildman–Crippen LogP) is 2.63. The molecule has 0 N–H and O–H groups in total. The molecule has 7 heteroatoms. The zero-order valence-electron chi connectivity index (χ0n) is 8.51. The molecule has 1 aromatic heterocycles. The quantitative estimate of drug-likeness (QED) is 0.626. The maximum atomic E-state index is 12.9. The van der Waals surface area contributed by atoms with Crippen LogP contribution in [0.15, 0.2) is 30.5 Å². The molecular formula is C10H7ClFN3O2. The van der Waals surface area contributed by atoms with Crippen molar-refractivity contribution in [2.45, 2.75) is 6.54 Å². The highest BCUT2D eigenvalue weighted by Gasteiger charge is 2.11. The molecule has 17 heavy (non-hydrogen) atoms. The molecule has 0 spiro atoms. The Morgan fingerprint density at radius 2 is 2.24 bits per heavy atom. The first kappa shape index (κ1) is 11.5. The van der Waals surface area contributed by atoms with E-state index in [-0.39, 0.29) is 10.8 Å². The molecule has 1 heterocycles. The monoisotopic (exact) mass is 255 g/mol. The van der Waals surface area contributed by atoms with Gasteiger partial charge in [-0.25, -0.2) is 4.39 Å². The normalized spacial score (nSPS) is 10.5. The van der Waals surface area contributed by atoms with Gasteiger partial charge in [0.1, 0.15) is 5.82 Å². The molecule has 0 saturated carbocycles. The van der Waals surface area contributed by atoms with Crippen molar-refractivity contribution < 1.29 is 9.31 Å². The van der Waals surface area contributed by atoms with Gasteiger partial charge >= 0.3 is 5.82 Å². The second kappa shape index (κ2) is 4.50. The molecule has 0 aliphatic rings. The molecule has 2 rings (SSSR count). The van der Waals surface area contributed by atoms with E-state index in [9.17, 15) is 14.5 Å². The predicted molar refractivity (Wildman–Crippen MR) is 59.4 cm³/mol. The lowest BCUT2D eigenvalue weighted by atomic mass is 10.2. The van der Waals surface area contributed by atoms with Gasteiger partial charge in [0.25, 0.3) is 0 Å². The number of nitro groups is 1. The van der Waals surface area contributed by atoms with Gasteiger partial charge in [-0.1, -0.05) is 17.7 Å². The lowest BCUT2D eigenvalue weighted by molar-refractivity contribution is -0.389. The SMILES string of the molecule is O=[N+]([O-])c1ccn(Cc2ccc(F)c(Cl)c2)n1. The van der Waals surface area contributed by atoms with Crippen LogP contribution in [0.4, 0.5) is 10.2 Å². The van der Waals surface area contributed by atoms with Gasteiger partial charge in [-0.15, -0.1) is 0 Å². The van der Waals surface area contributed by atoms with Crippen LogP contribution in [0.5, 0.6) is 0 Å². The summed E-state index contributed by atoms with van der Waals surface area (Å²) >= 11 is 5.62. The molecule has 2 aromatic rings. The van der Waals surface area contributed by atoms with E-state index in [4.69, 9.17) is 11.6 Å². The van der Waals surface area contributed by atoms with Gasteiger partial charge in [-0.2, -0.15) is 4.68 Å². The van der Waals surface area contributed by atoms with Crippen LogP contribution >= 0.6 is 11.6 Å². The summed E-state index contributed by atoms with van der Waals surface area (Å²) in [4.78, 5) is 9.85. The summed E-state index contributed by atoms with van der Waals surface area (Å²) < 4.78 is 14.3. The fraction of sp³-hybridized carbons (Fsp3) is 0.100. The summed E-state index contributed by atoms with van der Waals surface area (Å²) in [5.74, 6) is -0.722. The van der Waals surface area contributed by atoms with Gasteiger partial charge in [0.05, 0.1) is 28.9 Å². The smallest absolute Gasteiger partial charge is 0.358 e. The van der Waals surface area contributed by atoms with Crippen molar-refractivity contribution >= 4 is 17.4 Å². The number of benzene rings is 1. The Balaban J connectivity index is 2.19. The van der Waals surface area contributed by atoms with Gasteiger partial charge in [-0.05, 0) is 22.6 Å². The summed E-state index contributed by atoms with van der Waals surface area (Å²) in [7, 11) is 0. The second-order valence-corrected chi connectivity index (χ2v) is 3.78. The largest absolute Gasteiger partial charge is 0.389 e. The maximum Gasteiger partial charge on any atom is 0.389 e. The minimum atomic E-state index is -0.575. The third kappa shape index (κ3) is 2.59. The van der Waals surface area contributed by atoms with Crippen LogP contribution in [0.3, 0.4) is 0 Å². The van der Waals surface area contributed by atoms with Gasteiger partial charge in [0.2, 0.25) is 0 Å². The lowest BCUT2D eigenvalue weighted by Crippen LogP contribution is -2.01. The zero-order chi connectivity index (χ0) is 12.4. The minimum Gasteiger partial charge on any atom is -0.358 e. The Morgan fingerprint density at radius 1 is 1.47 bits per heavy atom. The molecule has 1 aromatic carbocycles. The highest BCUT2D eigenvalue weighted by atomic mass is 35.5. The Labute approximate surface area is 101 Å². The standard InChI is InChI=1S/C10H7ClFN3O2/c11-8-5-7(1-2-9(8)12)6-14-4-3-10(13-14)15(16)17/h1-5H,6H2. The molecule has 0 bridgehead atoms. The van der Waals surface area contributed by atoms with E-state index in [2.05, 4.69) is 5.10 Å². The van der Waals surface area contributed by atoms with Crippen LogP contribution in [-0.4, -0.2) is 14.7 Å². The molecule has 88 valence electrons. The fourth-order valence-corrected chi connectivity index (χ4v) is 1.56. The van der Waals surface area contributed by atoms with Crippen molar-refractivity contribution in [2.24, 2.45) is 0 Å². The molecule has 0 aliphatic heterocycles. The summed E-state index contributed by atoms with van der Waals surface area (Å²) in [5, 5.41) is 14.2. The number of aromatic nitrogens is 2. The topological polar surface area (TPSA) is 61.0 Å². The van der Waals surface area contributed by atoms with Crippen molar-refractivity contribution in [2.75, 3.05) is 0 Å². The molecule has 5 nitrogen and oxygen atoms in total. The first-order chi connectivity index (χ1) is 8.06. The summed E-state index contributed by atoms with van der Waals surface area (Å²) in [5.41, 5.74) is 0.717. The van der Waals surface area contributed by atoms with E-state index in [1.807, 2.05) is 0 Å². The summed E-state index contributed by atoms with van der Waals surface area (Å²) in [6.07, 6.45) is 1.48. The number of hydrogen-bond acceptors (Lipinski definition) is 3. The maximum absolute atomic E-state index is 12.9. The number of hydrogen-bond donors (Lipinski definition) is 0. The van der Waals surface area contributed by atoms with E-state index in [1.54, 1.807) is 6.07 Å². The van der Waals surface area contributed by atoms with E-state index in [0.29, 0.717) is 6.54 Å². The van der Waals surface area contributed by atoms with Gasteiger partial charge in [0.15, 0.2) is 0 Å². The van der Waals surface area contributed by atoms with Crippen molar-refractivity contribution in [1.29, 1.82) is 0 Å². The van der Waals surface area contributed by atoms with Gasteiger partial charge < -0.3 is 10.1 Å². The molecular weight excluding hydrogens is 249 g/mol. The average molecular weight is 256 g/mol. The number of nitrogens with zero attached hydrogens (tertiary/aromatic N) is 3. The van der Waals surface area contributed by atoms with Crippen LogP contribution in [-0.2, 0) is 6.54 Å². The van der Waals surface area contributed by atoms with E-state index in [1.165, 1.54) is 29.1 Å². The van der Waals surface area contributed by atoms with Crippen molar-refractivity contribution in [3.63, 3.8) is 0 Å². The van der Waals surface area contributed by atoms with Crippen LogP contribution in [0.2, 0.25) is 5.02 Å². The first-order valence-corrected chi connectivity index (χ1v) is 5.06. The van der Waals surface area contributed by atoms with Crippen LogP contribution in [0.1, 0.15) is 5.56 Å². The Kier molecular flexibility index (Phi) is 3.06. The van der Waals surface area contributed by atoms with Crippen molar-refractivity contribution in [3.8, 4) is 0 Å². The summed E-state index contributed by atoms with van der Waals surface area (Å²) in [6, 6.07) is 5.56. The fourth-order valence-electron chi connectivity index (χ4n) is 1.36. The highest BCUT2D eigenvalue weighted by molar-refractivity contribution is 6.30. The van der Waals surface area contributed by atoms with Gasteiger partial charge in [-0.3, -0.25) is 0 Å². The van der Waals surface area contributed by atoms with Crippen molar-refractivity contribution in [3.05, 3.63) is 57.0 Å². The molecule has 0 radical (unpaired) electrons. The highest BCUT2D eigenvalue weighted by Crippen LogP contribution is 2.17. The molecule has 0 atom stereocenters. The van der Waals surface area contributed by atoms with E-state index < -0.39 is 10.7 Å². The Bertz CT molecular complexity index is 570. The van der Waals surface area contributed by atoms with Crippen LogP contribution in [0.25, 0.3) is 0 Å². The van der Waals surface area contributed by atoms with Crippen LogP contribution in [0, 0.1) is 15.9 Å². The summed E-state index contributed by atoms with van der Waals surface area (Å²) in [6.45, 7) is 0.299. The second-order valence-electron chi connectivity index (χ2n) is 3.38. The molecule has 0 unspecified atom stereocenters. The first-order valence-electron chi connectivity index (χ1n) is 4.68. The third-order valence-electron chi connectivity index (χ3n) is 2.14. The molecule has 0 amide bonds. The Morgan fingerprint density at radius 3 is 2.82 bits per heavy atom. The van der Waals surface area contributed by atoms with Crippen molar-refractivity contribution in [1.82, 2.24) is 9.78 Å². The molecule has 0 aliphatic carbocycles. The molecule has 0 saturated heterocycles. The van der Waals surface area contributed by atoms with E-state index in [0.717, 1.165) is 5.56 Å². The lowest BCUT2D eigenvalue weighted by Gasteiger charge is -2.00. The minimum absolute atomic E-state index is 0.0177. The zero-order valence-corrected chi connectivity index (χ0v) is 9.26. The Hall–Kier alpha value is -1.95. The average Bonchev–Trinajstić information content (AvgIpc) is 2.72. The van der Waals surface area contributed by atoms with Crippen LogP contribution < -0.4 is 0 Å².